The Morgan fingerprint density at radius 1 is 1.37 bits per heavy atom. The van der Waals surface area contributed by atoms with Gasteiger partial charge in [0, 0.05) is 24.6 Å². The van der Waals surface area contributed by atoms with Crippen LogP contribution in [0.2, 0.25) is 0 Å². The molecule has 19 heavy (non-hydrogen) atoms. The maximum absolute atomic E-state index is 11.7. The third-order valence-electron chi connectivity index (χ3n) is 3.18. The summed E-state index contributed by atoms with van der Waals surface area (Å²) in [6, 6.07) is 7.32. The van der Waals surface area contributed by atoms with Gasteiger partial charge in [0.25, 0.3) is 5.91 Å². The van der Waals surface area contributed by atoms with Crippen molar-refractivity contribution in [1.82, 2.24) is 10.0 Å². The largest absolute Gasteiger partial charge is 0.351 e. The summed E-state index contributed by atoms with van der Waals surface area (Å²) in [5.41, 5.74) is 1.54. The van der Waals surface area contributed by atoms with Gasteiger partial charge in [-0.15, -0.1) is 0 Å². The number of fused-ring (bicyclic) bond motifs is 1. The average Bonchev–Trinajstić information content (AvgIpc) is 2.38. The third-order valence-corrected chi connectivity index (χ3v) is 4.73. The second-order valence-electron chi connectivity index (χ2n) is 4.66. The molecular weight excluding hydrogens is 264 g/mol. The summed E-state index contributed by atoms with van der Waals surface area (Å²) in [7, 11) is -3.21. The van der Waals surface area contributed by atoms with Crippen LogP contribution >= 0.6 is 0 Å². The third kappa shape index (κ3) is 3.33. The lowest BCUT2D eigenvalue weighted by molar-refractivity contribution is 0.0940. The highest BCUT2D eigenvalue weighted by molar-refractivity contribution is 7.89. The molecule has 0 bridgehead atoms. The van der Waals surface area contributed by atoms with Crippen LogP contribution in [0.1, 0.15) is 35.2 Å². The molecule has 0 fully saturated rings. The van der Waals surface area contributed by atoms with Crippen molar-refractivity contribution in [3.05, 3.63) is 35.4 Å². The summed E-state index contributed by atoms with van der Waals surface area (Å²) in [4.78, 5) is 11.7. The van der Waals surface area contributed by atoms with E-state index in [4.69, 9.17) is 0 Å². The number of carbonyl (C=O) groups excluding carboxylic acids is 1. The molecule has 0 aliphatic carbocycles. The Kier molecular flexibility index (Phi) is 4.21. The van der Waals surface area contributed by atoms with Gasteiger partial charge in [-0.05, 0) is 18.1 Å². The molecule has 1 heterocycles. The molecule has 2 N–H and O–H groups in total. The standard InChI is InChI=1S/C13H18N2O3S/c1-2-7-19(17,18)15-9-10-8-14-13(16)12-6-4-3-5-11(10)12/h3-6,10,15H,2,7-9H2,1H3,(H,14,16). The van der Waals surface area contributed by atoms with E-state index in [-0.39, 0.29) is 17.6 Å². The summed E-state index contributed by atoms with van der Waals surface area (Å²) in [5, 5.41) is 2.78. The van der Waals surface area contributed by atoms with Crippen LogP contribution < -0.4 is 10.0 Å². The Morgan fingerprint density at radius 2 is 2.11 bits per heavy atom. The van der Waals surface area contributed by atoms with Crippen molar-refractivity contribution >= 4 is 15.9 Å². The van der Waals surface area contributed by atoms with E-state index in [1.165, 1.54) is 0 Å². The first-order valence-electron chi connectivity index (χ1n) is 6.38. The van der Waals surface area contributed by atoms with E-state index in [1.54, 1.807) is 6.07 Å². The molecule has 1 amide bonds. The van der Waals surface area contributed by atoms with E-state index >= 15 is 0 Å². The molecule has 2 rings (SSSR count). The van der Waals surface area contributed by atoms with Crippen LogP contribution in [-0.4, -0.2) is 33.2 Å². The minimum absolute atomic E-state index is 0.0134. The number of hydrogen-bond acceptors (Lipinski definition) is 3. The summed E-state index contributed by atoms with van der Waals surface area (Å²) >= 11 is 0. The summed E-state index contributed by atoms with van der Waals surface area (Å²) in [6.45, 7) is 2.61. The van der Waals surface area contributed by atoms with Crippen molar-refractivity contribution < 1.29 is 13.2 Å². The van der Waals surface area contributed by atoms with Crippen molar-refractivity contribution in [2.24, 2.45) is 0 Å². The van der Waals surface area contributed by atoms with Crippen molar-refractivity contribution in [2.45, 2.75) is 19.3 Å². The summed E-state index contributed by atoms with van der Waals surface area (Å²) < 4.78 is 25.9. The minimum Gasteiger partial charge on any atom is -0.351 e. The van der Waals surface area contributed by atoms with Gasteiger partial charge in [-0.2, -0.15) is 0 Å². The van der Waals surface area contributed by atoms with Gasteiger partial charge in [0.15, 0.2) is 0 Å². The van der Waals surface area contributed by atoms with Crippen LogP contribution in [0.5, 0.6) is 0 Å². The lowest BCUT2D eigenvalue weighted by atomic mass is 9.91. The fourth-order valence-corrected chi connectivity index (χ4v) is 3.37. The Morgan fingerprint density at radius 3 is 2.84 bits per heavy atom. The zero-order chi connectivity index (χ0) is 13.9. The average molecular weight is 282 g/mol. The normalized spacial score (nSPS) is 18.8. The molecule has 1 atom stereocenters. The molecule has 0 saturated carbocycles. The summed E-state index contributed by atoms with van der Waals surface area (Å²) in [5.74, 6) is 0.0251. The molecule has 0 spiro atoms. The van der Waals surface area contributed by atoms with Crippen LogP contribution in [-0.2, 0) is 10.0 Å². The van der Waals surface area contributed by atoms with Crippen molar-refractivity contribution in [3.63, 3.8) is 0 Å². The van der Waals surface area contributed by atoms with Gasteiger partial charge in [0.05, 0.1) is 5.75 Å². The molecule has 1 unspecified atom stereocenters. The zero-order valence-electron chi connectivity index (χ0n) is 10.8. The topological polar surface area (TPSA) is 75.3 Å². The van der Waals surface area contributed by atoms with Gasteiger partial charge < -0.3 is 5.32 Å². The Hall–Kier alpha value is -1.40. The fourth-order valence-electron chi connectivity index (χ4n) is 2.23. The second kappa shape index (κ2) is 5.71. The monoisotopic (exact) mass is 282 g/mol. The number of nitrogens with one attached hydrogen (secondary N) is 2. The Balaban J connectivity index is 2.11. The first-order chi connectivity index (χ1) is 9.03. The quantitative estimate of drug-likeness (QED) is 0.840. The molecular formula is C13H18N2O3S. The molecule has 0 aromatic heterocycles. The maximum atomic E-state index is 11.7. The van der Waals surface area contributed by atoms with Crippen LogP contribution in [0.25, 0.3) is 0 Å². The van der Waals surface area contributed by atoms with Crippen molar-refractivity contribution in [3.8, 4) is 0 Å². The molecule has 0 saturated heterocycles. The van der Waals surface area contributed by atoms with E-state index in [2.05, 4.69) is 10.0 Å². The van der Waals surface area contributed by atoms with Crippen LogP contribution in [0.3, 0.4) is 0 Å². The zero-order valence-corrected chi connectivity index (χ0v) is 11.7. The predicted octanol–water partition coefficient (Wildman–Crippen LogP) is 0.843. The predicted molar refractivity (Wildman–Crippen MR) is 73.6 cm³/mol. The fraction of sp³-hybridized carbons (Fsp3) is 0.462. The molecule has 1 aromatic carbocycles. The van der Waals surface area contributed by atoms with Gasteiger partial charge >= 0.3 is 0 Å². The minimum atomic E-state index is -3.21. The molecule has 104 valence electrons. The molecule has 0 radical (unpaired) electrons. The SMILES string of the molecule is CCCS(=O)(=O)NCC1CNC(=O)c2ccccc21. The Bertz CT molecular complexity index is 569. The number of amides is 1. The highest BCUT2D eigenvalue weighted by Gasteiger charge is 2.25. The number of hydrogen-bond donors (Lipinski definition) is 2. The van der Waals surface area contributed by atoms with E-state index in [9.17, 15) is 13.2 Å². The number of benzene rings is 1. The first kappa shape index (κ1) is 14.0. The van der Waals surface area contributed by atoms with E-state index in [1.807, 2.05) is 25.1 Å². The van der Waals surface area contributed by atoms with Gasteiger partial charge in [-0.1, -0.05) is 25.1 Å². The summed E-state index contributed by atoms with van der Waals surface area (Å²) in [6.07, 6.45) is 0.591. The molecule has 1 aromatic rings. The Labute approximate surface area is 113 Å². The van der Waals surface area contributed by atoms with E-state index in [0.717, 1.165) is 5.56 Å². The van der Waals surface area contributed by atoms with Gasteiger partial charge in [-0.3, -0.25) is 4.79 Å². The lowest BCUT2D eigenvalue weighted by Crippen LogP contribution is -2.40. The second-order valence-corrected chi connectivity index (χ2v) is 6.59. The van der Waals surface area contributed by atoms with Gasteiger partial charge in [0.2, 0.25) is 10.0 Å². The number of sulfonamides is 1. The molecule has 5 nitrogen and oxygen atoms in total. The van der Waals surface area contributed by atoms with Crippen LogP contribution in [0.15, 0.2) is 24.3 Å². The highest BCUT2D eigenvalue weighted by atomic mass is 32.2. The number of carbonyl (C=O) groups is 1. The van der Waals surface area contributed by atoms with Crippen LogP contribution in [0, 0.1) is 0 Å². The van der Waals surface area contributed by atoms with Crippen LogP contribution in [0.4, 0.5) is 0 Å². The number of rotatable bonds is 5. The van der Waals surface area contributed by atoms with Crippen molar-refractivity contribution in [1.29, 1.82) is 0 Å². The van der Waals surface area contributed by atoms with E-state index in [0.29, 0.717) is 25.1 Å². The van der Waals surface area contributed by atoms with Crippen molar-refractivity contribution in [2.75, 3.05) is 18.8 Å². The maximum Gasteiger partial charge on any atom is 0.251 e. The highest BCUT2D eigenvalue weighted by Crippen LogP contribution is 2.23. The van der Waals surface area contributed by atoms with Gasteiger partial charge in [-0.25, -0.2) is 13.1 Å². The molecule has 1 aliphatic heterocycles. The smallest absolute Gasteiger partial charge is 0.251 e. The first-order valence-corrected chi connectivity index (χ1v) is 8.03. The lowest BCUT2D eigenvalue weighted by Gasteiger charge is -2.25. The molecule has 1 aliphatic rings. The molecule has 6 heteroatoms. The van der Waals surface area contributed by atoms with E-state index < -0.39 is 10.0 Å². The van der Waals surface area contributed by atoms with Gasteiger partial charge in [0.1, 0.15) is 0 Å².